The molecular formula is C11H9ClO4. The van der Waals surface area contributed by atoms with Crippen molar-refractivity contribution >= 4 is 28.9 Å². The maximum atomic E-state index is 10.8. The van der Waals surface area contributed by atoms with Crippen LogP contribution in [0.4, 0.5) is 0 Å². The van der Waals surface area contributed by atoms with E-state index in [2.05, 4.69) is 0 Å². The summed E-state index contributed by atoms with van der Waals surface area (Å²) >= 11 is 5.80. The lowest BCUT2D eigenvalue weighted by Gasteiger charge is -2.06. The smallest absolute Gasteiger partial charge is 0.205 e. The lowest BCUT2D eigenvalue weighted by molar-refractivity contribution is 0.112. The Morgan fingerprint density at radius 1 is 1.31 bits per heavy atom. The van der Waals surface area contributed by atoms with Crippen LogP contribution in [0.25, 0.3) is 11.0 Å². The number of aldehydes is 1. The first kappa shape index (κ1) is 10.8. The van der Waals surface area contributed by atoms with Gasteiger partial charge in [-0.25, -0.2) is 0 Å². The Kier molecular flexibility index (Phi) is 2.75. The number of fused-ring (bicyclic) bond motifs is 1. The van der Waals surface area contributed by atoms with E-state index in [1.165, 1.54) is 14.2 Å². The number of methoxy groups -OCH3 is 2. The van der Waals surface area contributed by atoms with Crippen LogP contribution in [0.3, 0.4) is 0 Å². The fraction of sp³-hybridized carbons (Fsp3) is 0.182. The molecule has 1 aromatic carbocycles. The number of carbonyl (C=O) groups excluding carboxylic acids is 1. The summed E-state index contributed by atoms with van der Waals surface area (Å²) in [5.41, 5.74) is 0.728. The molecular weight excluding hydrogens is 232 g/mol. The third-order valence-corrected chi connectivity index (χ3v) is 2.59. The highest BCUT2D eigenvalue weighted by molar-refractivity contribution is 6.33. The highest BCUT2D eigenvalue weighted by Gasteiger charge is 2.18. The monoisotopic (exact) mass is 240 g/mol. The fourth-order valence-electron chi connectivity index (χ4n) is 1.57. The van der Waals surface area contributed by atoms with Gasteiger partial charge >= 0.3 is 0 Å². The van der Waals surface area contributed by atoms with Crippen LogP contribution in [0.5, 0.6) is 11.5 Å². The zero-order valence-electron chi connectivity index (χ0n) is 8.74. The second-order valence-corrected chi connectivity index (χ2v) is 3.43. The van der Waals surface area contributed by atoms with E-state index in [4.69, 9.17) is 25.5 Å². The van der Waals surface area contributed by atoms with Crippen molar-refractivity contribution in [2.24, 2.45) is 0 Å². The molecule has 1 aromatic heterocycles. The third-order valence-electron chi connectivity index (χ3n) is 2.31. The summed E-state index contributed by atoms with van der Waals surface area (Å²) in [5.74, 6) is 0.952. The Morgan fingerprint density at radius 2 is 2.06 bits per heavy atom. The molecule has 0 spiro atoms. The Bertz CT molecular complexity index is 544. The zero-order valence-corrected chi connectivity index (χ0v) is 9.50. The van der Waals surface area contributed by atoms with Gasteiger partial charge in [0.1, 0.15) is 0 Å². The van der Waals surface area contributed by atoms with Gasteiger partial charge in [0, 0.05) is 5.39 Å². The number of hydrogen-bond acceptors (Lipinski definition) is 4. The van der Waals surface area contributed by atoms with E-state index in [0.29, 0.717) is 34.3 Å². The van der Waals surface area contributed by atoms with Crippen molar-refractivity contribution < 1.29 is 18.7 Å². The van der Waals surface area contributed by atoms with Crippen LogP contribution in [0, 0.1) is 0 Å². The largest absolute Gasteiger partial charge is 0.493 e. The first-order valence-electron chi connectivity index (χ1n) is 4.51. The normalized spacial score (nSPS) is 10.4. The molecule has 0 N–H and O–H groups in total. The van der Waals surface area contributed by atoms with Gasteiger partial charge in [-0.3, -0.25) is 4.79 Å². The molecule has 0 bridgehead atoms. The average Bonchev–Trinajstić information content (AvgIpc) is 2.62. The van der Waals surface area contributed by atoms with Crippen LogP contribution < -0.4 is 9.47 Å². The molecule has 2 rings (SSSR count). The number of ether oxygens (including phenoxy) is 2. The summed E-state index contributed by atoms with van der Waals surface area (Å²) in [5, 5.41) is 0.661. The standard InChI is InChI=1S/C11H9ClO4/c1-14-8-4-3-6-7(5-13)11(12)16-9(6)10(8)15-2/h3-5H,1-2H3. The molecule has 5 heteroatoms. The van der Waals surface area contributed by atoms with Crippen molar-refractivity contribution in [2.75, 3.05) is 14.2 Å². The molecule has 16 heavy (non-hydrogen) atoms. The Labute approximate surface area is 96.7 Å². The predicted molar refractivity (Wildman–Crippen MR) is 59.7 cm³/mol. The van der Waals surface area contributed by atoms with Crippen molar-refractivity contribution in [3.63, 3.8) is 0 Å². The first-order valence-corrected chi connectivity index (χ1v) is 4.89. The maximum Gasteiger partial charge on any atom is 0.205 e. The first-order chi connectivity index (χ1) is 7.72. The number of furan rings is 1. The summed E-state index contributed by atoms with van der Waals surface area (Å²) < 4.78 is 15.6. The second kappa shape index (κ2) is 4.06. The number of carbonyl (C=O) groups is 1. The van der Waals surface area contributed by atoms with Gasteiger partial charge in [-0.15, -0.1) is 0 Å². The van der Waals surface area contributed by atoms with Gasteiger partial charge in [-0.1, -0.05) is 0 Å². The van der Waals surface area contributed by atoms with E-state index >= 15 is 0 Å². The minimum absolute atomic E-state index is 0.0524. The average molecular weight is 241 g/mol. The second-order valence-electron chi connectivity index (χ2n) is 3.09. The minimum Gasteiger partial charge on any atom is -0.493 e. The van der Waals surface area contributed by atoms with Gasteiger partial charge in [-0.05, 0) is 23.7 Å². The Hall–Kier alpha value is -1.68. The molecule has 2 aromatic rings. The molecule has 0 aliphatic rings. The quantitative estimate of drug-likeness (QED) is 0.774. The van der Waals surface area contributed by atoms with E-state index in [0.717, 1.165) is 0 Å². The Morgan fingerprint density at radius 3 is 2.62 bits per heavy atom. The number of halogens is 1. The zero-order chi connectivity index (χ0) is 11.7. The lowest BCUT2D eigenvalue weighted by Crippen LogP contribution is -1.90. The van der Waals surface area contributed by atoms with Gasteiger partial charge in [0.2, 0.25) is 11.0 Å². The van der Waals surface area contributed by atoms with Gasteiger partial charge in [0.05, 0.1) is 19.8 Å². The maximum absolute atomic E-state index is 10.8. The highest BCUT2D eigenvalue weighted by atomic mass is 35.5. The molecule has 0 atom stereocenters. The third kappa shape index (κ3) is 1.42. The molecule has 0 unspecified atom stereocenters. The fourth-order valence-corrected chi connectivity index (χ4v) is 1.80. The van der Waals surface area contributed by atoms with Crippen LogP contribution in [0.1, 0.15) is 10.4 Å². The van der Waals surface area contributed by atoms with Crippen molar-refractivity contribution in [1.82, 2.24) is 0 Å². The summed E-state index contributed by atoms with van der Waals surface area (Å²) in [4.78, 5) is 10.8. The van der Waals surface area contributed by atoms with E-state index in [1.807, 2.05) is 0 Å². The van der Waals surface area contributed by atoms with Crippen LogP contribution in [0.2, 0.25) is 5.22 Å². The van der Waals surface area contributed by atoms with Gasteiger partial charge < -0.3 is 13.9 Å². The molecule has 0 amide bonds. The van der Waals surface area contributed by atoms with Crippen LogP contribution >= 0.6 is 11.6 Å². The van der Waals surface area contributed by atoms with E-state index in [-0.39, 0.29) is 5.22 Å². The molecule has 0 fully saturated rings. The summed E-state index contributed by atoms with van der Waals surface area (Å²) in [7, 11) is 3.02. The molecule has 4 nitrogen and oxygen atoms in total. The van der Waals surface area contributed by atoms with Crippen molar-refractivity contribution in [2.45, 2.75) is 0 Å². The summed E-state index contributed by atoms with van der Waals surface area (Å²) in [6.45, 7) is 0. The van der Waals surface area contributed by atoms with Gasteiger partial charge in [-0.2, -0.15) is 0 Å². The predicted octanol–water partition coefficient (Wildman–Crippen LogP) is 2.92. The number of hydrogen-bond donors (Lipinski definition) is 0. The topological polar surface area (TPSA) is 48.7 Å². The molecule has 0 saturated heterocycles. The number of benzene rings is 1. The summed E-state index contributed by atoms with van der Waals surface area (Å²) in [6, 6.07) is 3.40. The van der Waals surface area contributed by atoms with E-state index in [1.54, 1.807) is 12.1 Å². The molecule has 1 heterocycles. The van der Waals surface area contributed by atoms with E-state index < -0.39 is 0 Å². The van der Waals surface area contributed by atoms with Crippen LogP contribution in [-0.2, 0) is 0 Å². The lowest BCUT2D eigenvalue weighted by atomic mass is 10.1. The van der Waals surface area contributed by atoms with Crippen molar-refractivity contribution in [3.8, 4) is 11.5 Å². The Balaban J connectivity index is 2.84. The molecule has 84 valence electrons. The molecule has 0 saturated carbocycles. The highest BCUT2D eigenvalue weighted by Crippen LogP contribution is 2.40. The molecule has 0 aliphatic carbocycles. The van der Waals surface area contributed by atoms with Crippen molar-refractivity contribution in [3.05, 3.63) is 22.9 Å². The molecule has 0 radical (unpaired) electrons. The SMILES string of the molecule is COc1ccc2c(C=O)c(Cl)oc2c1OC. The number of rotatable bonds is 3. The minimum atomic E-state index is 0.0524. The van der Waals surface area contributed by atoms with E-state index in [9.17, 15) is 4.79 Å². The van der Waals surface area contributed by atoms with Crippen LogP contribution in [-0.4, -0.2) is 20.5 Å². The van der Waals surface area contributed by atoms with Crippen molar-refractivity contribution in [1.29, 1.82) is 0 Å². The molecule has 0 aliphatic heterocycles. The van der Waals surface area contributed by atoms with Gasteiger partial charge in [0.15, 0.2) is 17.6 Å². The van der Waals surface area contributed by atoms with Gasteiger partial charge in [0.25, 0.3) is 0 Å². The van der Waals surface area contributed by atoms with Crippen LogP contribution in [0.15, 0.2) is 16.5 Å². The summed E-state index contributed by atoms with van der Waals surface area (Å²) in [6.07, 6.45) is 0.653.